The Balaban J connectivity index is 2.66. The molecule has 4 heteroatoms. The Hall–Kier alpha value is -0.925. The Bertz CT molecular complexity index is 217. The molecule has 1 radical (unpaired) electrons. The maximum atomic E-state index is 11.7. The predicted octanol–water partition coefficient (Wildman–Crippen LogP) is 1.54. The predicted molar refractivity (Wildman–Crippen MR) is 37.9 cm³/mol. The van der Waals surface area contributed by atoms with Gasteiger partial charge in [0.05, 0.1) is 0 Å². The normalized spacial score (nSPS) is 11.2. The summed E-state index contributed by atoms with van der Waals surface area (Å²) >= 11 is 0. The molecule has 1 rings (SSSR count). The second kappa shape index (κ2) is 2.99. The van der Waals surface area contributed by atoms with E-state index in [1.165, 1.54) is 12.1 Å². The molecule has 1 aromatic rings. The summed E-state index contributed by atoms with van der Waals surface area (Å²) in [5.41, 5.74) is 0.181. The zero-order valence-corrected chi connectivity index (χ0v) is 5.60. The zero-order valence-electron chi connectivity index (χ0n) is 5.60. The lowest BCUT2D eigenvalue weighted by atomic mass is 9.70. The van der Waals surface area contributed by atoms with Gasteiger partial charge in [-0.1, -0.05) is 35.8 Å². The van der Waals surface area contributed by atoms with Gasteiger partial charge in [-0.25, -0.2) is 0 Å². The van der Waals surface area contributed by atoms with Gasteiger partial charge in [0.25, 0.3) is 7.28 Å². The lowest BCUT2D eigenvalue weighted by Crippen LogP contribution is -2.29. The number of benzene rings is 1. The lowest BCUT2D eigenvalue weighted by Gasteiger charge is -2.03. The van der Waals surface area contributed by atoms with E-state index in [1.54, 1.807) is 18.2 Å². The molecule has 0 atom stereocenters. The Kier molecular flexibility index (Phi) is 2.22. The summed E-state index contributed by atoms with van der Waals surface area (Å²) < 4.78 is 35.1. The largest absolute Gasteiger partial charge is 0.344 e. The molecule has 0 heterocycles. The van der Waals surface area contributed by atoms with Gasteiger partial charge >= 0.3 is 6.08 Å². The first kappa shape index (κ1) is 8.17. The molecule has 11 heavy (non-hydrogen) atoms. The van der Waals surface area contributed by atoms with E-state index in [4.69, 9.17) is 0 Å². The summed E-state index contributed by atoms with van der Waals surface area (Å²) in [6, 6.07) is 7.63. The fraction of sp³-hybridized carbons (Fsp3) is 0.143. The summed E-state index contributed by atoms with van der Waals surface area (Å²) in [5, 5.41) is 0. The van der Waals surface area contributed by atoms with E-state index < -0.39 is 6.08 Å². The maximum Gasteiger partial charge on any atom is 0.344 e. The van der Waals surface area contributed by atoms with E-state index in [0.29, 0.717) is 0 Å². The van der Waals surface area contributed by atoms with Crippen LogP contribution in [0.15, 0.2) is 30.3 Å². The molecule has 0 nitrogen and oxygen atoms in total. The van der Waals surface area contributed by atoms with Crippen molar-refractivity contribution in [1.82, 2.24) is 0 Å². The highest BCUT2D eigenvalue weighted by Gasteiger charge is 2.28. The second-order valence-electron chi connectivity index (χ2n) is 2.10. The molecule has 0 saturated carbocycles. The van der Waals surface area contributed by atoms with Crippen molar-refractivity contribution in [2.45, 2.75) is 6.08 Å². The minimum atomic E-state index is -4.22. The molecule has 0 unspecified atom stereocenters. The van der Waals surface area contributed by atoms with E-state index in [1.807, 2.05) is 0 Å². The summed E-state index contributed by atoms with van der Waals surface area (Å²) in [4.78, 5) is 0. The third-order valence-electron chi connectivity index (χ3n) is 1.13. The number of hydrogen-bond donors (Lipinski definition) is 0. The molecular weight excluding hydrogens is 152 g/mol. The Morgan fingerprint density at radius 1 is 1.00 bits per heavy atom. The van der Waals surface area contributed by atoms with Gasteiger partial charge in [-0.3, -0.25) is 0 Å². The first-order chi connectivity index (χ1) is 5.08. The van der Waals surface area contributed by atoms with Crippen LogP contribution in [-0.2, 0) is 0 Å². The third kappa shape index (κ3) is 3.12. The van der Waals surface area contributed by atoms with E-state index in [9.17, 15) is 13.2 Å². The van der Waals surface area contributed by atoms with Crippen LogP contribution in [0.2, 0.25) is 0 Å². The average molecular weight is 157 g/mol. The van der Waals surface area contributed by atoms with Crippen molar-refractivity contribution < 1.29 is 13.2 Å². The molecular formula is C7H5BF3. The van der Waals surface area contributed by atoms with Crippen molar-refractivity contribution in [3.8, 4) is 0 Å². The molecule has 0 N–H and O–H groups in total. The van der Waals surface area contributed by atoms with Crippen molar-refractivity contribution in [2.24, 2.45) is 0 Å². The van der Waals surface area contributed by atoms with Gasteiger partial charge in [-0.15, -0.1) is 0 Å². The smallest absolute Gasteiger partial charge is 0.182 e. The van der Waals surface area contributed by atoms with Crippen LogP contribution in [0.3, 0.4) is 0 Å². The molecule has 0 aliphatic carbocycles. The van der Waals surface area contributed by atoms with Gasteiger partial charge in [-0.05, 0) is 0 Å². The minimum absolute atomic E-state index is 0.181. The van der Waals surface area contributed by atoms with E-state index in [0.717, 1.165) is 0 Å². The van der Waals surface area contributed by atoms with Crippen molar-refractivity contribution in [3.63, 3.8) is 0 Å². The van der Waals surface area contributed by atoms with Crippen molar-refractivity contribution in [1.29, 1.82) is 0 Å². The summed E-state index contributed by atoms with van der Waals surface area (Å²) in [6.07, 6.45) is -4.22. The van der Waals surface area contributed by atoms with Crippen LogP contribution in [0.4, 0.5) is 13.2 Å². The van der Waals surface area contributed by atoms with Gasteiger partial charge in [0.15, 0.2) is 0 Å². The SMILES string of the molecule is FC(F)(F)[B]c1ccccc1. The molecule has 0 aromatic heterocycles. The third-order valence-corrected chi connectivity index (χ3v) is 1.13. The molecule has 1 aromatic carbocycles. The topological polar surface area (TPSA) is 0 Å². The van der Waals surface area contributed by atoms with Crippen LogP contribution >= 0.6 is 0 Å². The first-order valence-corrected chi connectivity index (χ1v) is 3.05. The highest BCUT2D eigenvalue weighted by molar-refractivity contribution is 6.55. The molecule has 0 bridgehead atoms. The van der Waals surface area contributed by atoms with E-state index in [2.05, 4.69) is 0 Å². The molecule has 0 aliphatic rings. The Morgan fingerprint density at radius 3 is 2.00 bits per heavy atom. The van der Waals surface area contributed by atoms with Crippen molar-refractivity contribution in [3.05, 3.63) is 30.3 Å². The fourth-order valence-electron chi connectivity index (χ4n) is 0.738. The molecule has 57 valence electrons. The monoisotopic (exact) mass is 157 g/mol. The summed E-state index contributed by atoms with van der Waals surface area (Å²) in [5.74, 6) is 0. The Morgan fingerprint density at radius 2 is 1.55 bits per heavy atom. The van der Waals surface area contributed by atoms with Gasteiger partial charge in [-0.2, -0.15) is 13.2 Å². The quantitative estimate of drug-likeness (QED) is 0.542. The number of hydrogen-bond acceptors (Lipinski definition) is 0. The molecule has 0 amide bonds. The molecule has 0 fully saturated rings. The van der Waals surface area contributed by atoms with Crippen LogP contribution in [0.25, 0.3) is 0 Å². The highest BCUT2D eigenvalue weighted by Crippen LogP contribution is 2.11. The van der Waals surface area contributed by atoms with E-state index >= 15 is 0 Å². The number of halogens is 3. The minimum Gasteiger partial charge on any atom is -0.182 e. The molecule has 0 saturated heterocycles. The van der Waals surface area contributed by atoms with Crippen molar-refractivity contribution >= 4 is 12.7 Å². The van der Waals surface area contributed by atoms with E-state index in [-0.39, 0.29) is 12.7 Å². The standard InChI is InChI=1S/C7H5BF3/c9-7(10,11)8-6-4-2-1-3-5-6/h1-5H. The van der Waals surface area contributed by atoms with Crippen LogP contribution in [0.1, 0.15) is 0 Å². The van der Waals surface area contributed by atoms with Crippen LogP contribution in [0, 0.1) is 0 Å². The van der Waals surface area contributed by atoms with Gasteiger partial charge in [0.1, 0.15) is 0 Å². The number of rotatable bonds is 1. The lowest BCUT2D eigenvalue weighted by molar-refractivity contribution is -0.0455. The highest BCUT2D eigenvalue weighted by atomic mass is 19.4. The van der Waals surface area contributed by atoms with Gasteiger partial charge in [0, 0.05) is 0 Å². The maximum absolute atomic E-state index is 11.7. The Labute approximate surface area is 63.3 Å². The zero-order chi connectivity index (χ0) is 8.32. The van der Waals surface area contributed by atoms with Gasteiger partial charge < -0.3 is 0 Å². The van der Waals surface area contributed by atoms with Crippen LogP contribution in [0.5, 0.6) is 0 Å². The average Bonchev–Trinajstić information content (AvgIpc) is 1.85. The first-order valence-electron chi connectivity index (χ1n) is 3.05. The second-order valence-corrected chi connectivity index (χ2v) is 2.10. The summed E-state index contributed by atoms with van der Waals surface area (Å²) in [7, 11) is 0.271. The van der Waals surface area contributed by atoms with Gasteiger partial charge in [0.2, 0.25) is 0 Å². The van der Waals surface area contributed by atoms with Crippen LogP contribution in [-0.4, -0.2) is 13.4 Å². The van der Waals surface area contributed by atoms with Crippen LogP contribution < -0.4 is 5.46 Å². The fourth-order valence-corrected chi connectivity index (χ4v) is 0.738. The molecule has 0 spiro atoms. The summed E-state index contributed by atoms with van der Waals surface area (Å²) in [6.45, 7) is 0. The van der Waals surface area contributed by atoms with Crippen molar-refractivity contribution in [2.75, 3.05) is 0 Å². The molecule has 0 aliphatic heterocycles. The number of alkyl halides is 3.